The molecule has 0 rings (SSSR count). The summed E-state index contributed by atoms with van der Waals surface area (Å²) in [5, 5.41) is 9.16. The predicted octanol–water partition coefficient (Wildman–Crippen LogP) is 8.53. The maximum absolute atomic E-state index is 13.6. The second-order valence-electron chi connectivity index (χ2n) is 9.54. The number of aliphatic hydroxyl groups excluding tert-OH is 1. The molecule has 0 aromatic carbocycles. The highest BCUT2D eigenvalue weighted by Gasteiger charge is 2.92. The van der Waals surface area contributed by atoms with Crippen LogP contribution in [0.3, 0.4) is 0 Å². The largest absolute Gasteiger partial charge is 0.388 e. The Morgan fingerprint density at radius 2 is 0.540 bits per heavy atom. The van der Waals surface area contributed by atoms with Gasteiger partial charge in [-0.3, -0.25) is 0 Å². The molecule has 0 aliphatic heterocycles. The van der Waals surface area contributed by atoms with Crippen molar-refractivity contribution >= 4 is 0 Å². The second-order valence-corrected chi connectivity index (χ2v) is 9.54. The van der Waals surface area contributed by atoms with Crippen LogP contribution in [0.15, 0.2) is 0 Å². The van der Waals surface area contributed by atoms with Crippen LogP contribution >= 0.6 is 0 Å². The molecule has 0 amide bonds. The quantitative estimate of drug-likeness (QED) is 0.125. The van der Waals surface area contributed by atoms with Gasteiger partial charge in [0.25, 0.3) is 0 Å². The summed E-state index contributed by atoms with van der Waals surface area (Å²) >= 11 is 0. The van der Waals surface area contributed by atoms with Gasteiger partial charge in [0, 0.05) is 0 Å². The Balaban J connectivity index is 5.78. The number of rotatable bonds is 20. The van der Waals surface area contributed by atoms with Crippen LogP contribution in [-0.4, -0.2) is 122 Å². The van der Waals surface area contributed by atoms with Gasteiger partial charge in [0.05, 0.1) is 13.2 Å². The summed E-state index contributed by atoms with van der Waals surface area (Å²) in [5.41, 5.74) is 0. The monoisotopic (exact) mass is 820 g/mol. The third kappa shape index (κ3) is 7.14. The maximum atomic E-state index is 13.6. The maximum Gasteiger partial charge on any atom is 0.384 e. The molecule has 31 heteroatoms. The zero-order valence-electron chi connectivity index (χ0n) is 22.4. The van der Waals surface area contributed by atoms with Gasteiger partial charge < -0.3 is 14.6 Å². The first-order valence-corrected chi connectivity index (χ1v) is 11.4. The molecule has 3 nitrogen and oxygen atoms in total. The van der Waals surface area contributed by atoms with Crippen molar-refractivity contribution in [3.8, 4) is 0 Å². The summed E-state index contributed by atoms with van der Waals surface area (Å²) < 4.78 is 375. The van der Waals surface area contributed by atoms with Crippen molar-refractivity contribution in [3.05, 3.63) is 0 Å². The van der Waals surface area contributed by atoms with Crippen LogP contribution in [-0.2, 0) is 9.47 Å². The molecule has 0 bridgehead atoms. The molecule has 302 valence electrons. The molecule has 0 fully saturated rings. The summed E-state index contributed by atoms with van der Waals surface area (Å²) in [6.07, 6.45) is -15.1. The van der Waals surface area contributed by atoms with Crippen molar-refractivity contribution in [1.82, 2.24) is 0 Å². The number of ether oxygens (including phenoxy) is 2. The molecule has 0 saturated carbocycles. The van der Waals surface area contributed by atoms with Crippen molar-refractivity contribution in [2.75, 3.05) is 26.4 Å². The number of alkyl halides is 28. The lowest BCUT2D eigenvalue weighted by molar-refractivity contribution is -0.434. The van der Waals surface area contributed by atoms with Crippen molar-refractivity contribution in [3.63, 3.8) is 0 Å². The molecule has 0 unspecified atom stereocenters. The van der Waals surface area contributed by atoms with E-state index in [-0.39, 0.29) is 0 Å². The van der Waals surface area contributed by atoms with Crippen LogP contribution in [0.2, 0.25) is 0 Å². The van der Waals surface area contributed by atoms with E-state index in [1.807, 2.05) is 0 Å². The van der Waals surface area contributed by atoms with E-state index in [0.717, 1.165) is 0 Å². The van der Waals surface area contributed by atoms with E-state index in [9.17, 15) is 123 Å². The Morgan fingerprint density at radius 1 is 0.340 bits per heavy atom. The second kappa shape index (κ2) is 13.7. The smallest absolute Gasteiger partial charge is 0.384 e. The van der Waals surface area contributed by atoms with Crippen LogP contribution in [0, 0.1) is 0 Å². The molecule has 50 heavy (non-hydrogen) atoms. The Hall–Kier alpha value is -2.08. The molecule has 0 heterocycles. The lowest BCUT2D eigenvalue weighted by Gasteiger charge is -2.41. The van der Waals surface area contributed by atoms with Crippen molar-refractivity contribution in [1.29, 1.82) is 0 Å². The molecule has 0 aliphatic carbocycles. The molecule has 1 N–H and O–H groups in total. The van der Waals surface area contributed by atoms with E-state index in [1.165, 1.54) is 0 Å². The van der Waals surface area contributed by atoms with Gasteiger partial charge in [0.15, 0.2) is 0 Å². The summed E-state index contributed by atoms with van der Waals surface area (Å²) in [5.74, 6) is -95.3. The molecular formula is C19H12F28O3. The summed E-state index contributed by atoms with van der Waals surface area (Å²) in [6, 6.07) is 0. The molecule has 0 aliphatic rings. The van der Waals surface area contributed by atoms with Gasteiger partial charge in [0.2, 0.25) is 0 Å². The van der Waals surface area contributed by atoms with E-state index < -0.39 is 116 Å². The minimum absolute atomic E-state index is 2.29. The first-order valence-electron chi connectivity index (χ1n) is 11.4. The summed E-state index contributed by atoms with van der Waals surface area (Å²) in [4.78, 5) is 0. The highest BCUT2D eigenvalue weighted by atomic mass is 19.4. The fraction of sp³-hybridized carbons (Fsp3) is 1.00. The van der Waals surface area contributed by atoms with Crippen LogP contribution in [0.25, 0.3) is 0 Å². The van der Waals surface area contributed by atoms with Gasteiger partial charge in [-0.25, -0.2) is 17.6 Å². The van der Waals surface area contributed by atoms with Gasteiger partial charge in [-0.05, 0) is 0 Å². The minimum atomic E-state index is -8.45. The molecule has 0 radical (unpaired) electrons. The third-order valence-electron chi connectivity index (χ3n) is 5.86. The zero-order valence-corrected chi connectivity index (χ0v) is 22.4. The first kappa shape index (κ1) is 47.9. The molecule has 0 saturated heterocycles. The number of halogens is 28. The Morgan fingerprint density at radius 3 is 0.740 bits per heavy atom. The lowest BCUT2D eigenvalue weighted by Crippen LogP contribution is -2.72. The van der Waals surface area contributed by atoms with Crippen LogP contribution in [0.5, 0.6) is 0 Å². The fourth-order valence-corrected chi connectivity index (χ4v) is 2.82. The molecule has 0 spiro atoms. The van der Waals surface area contributed by atoms with Crippen LogP contribution in [0.1, 0.15) is 0 Å². The Bertz CT molecular complexity index is 1050. The normalized spacial score (nSPS) is 16.3. The van der Waals surface area contributed by atoms with Crippen molar-refractivity contribution in [2.24, 2.45) is 0 Å². The minimum Gasteiger partial charge on any atom is -0.388 e. The van der Waals surface area contributed by atoms with E-state index in [4.69, 9.17) is 5.11 Å². The molecule has 0 aromatic heterocycles. The average molecular weight is 820 g/mol. The van der Waals surface area contributed by atoms with Gasteiger partial charge in [-0.2, -0.15) is 105 Å². The van der Waals surface area contributed by atoms with Crippen molar-refractivity contribution in [2.45, 2.75) is 90.0 Å². The Labute approximate surface area is 255 Å². The SMILES string of the molecule is OC(COCC(F)(F)C(F)(F)C(F)(F)C(F)(F)C(F)(F)C(F)(F)C(F)F)COCC(F)(F)C(F)(F)C(F)(F)C(F)(F)C(F)(F)C(F)(F)C(F)F. The lowest BCUT2D eigenvalue weighted by atomic mass is 9.91. The molecule has 0 aromatic rings. The van der Waals surface area contributed by atoms with E-state index in [1.54, 1.807) is 0 Å². The van der Waals surface area contributed by atoms with Crippen molar-refractivity contribution < 1.29 is 138 Å². The third-order valence-corrected chi connectivity index (χ3v) is 5.86. The standard InChI is InChI=1S/C19H12F28O3/c20-6(21)10(28,29)14(36,37)18(44,45)16(40,41)12(32,33)8(24,25)3-49-1-5(48)2-50-4-9(26,27)13(34,35)17(42,43)19(46,47)15(38,39)11(30,31)7(22)23/h5-7,48H,1-4H2. The van der Waals surface area contributed by atoms with E-state index >= 15 is 0 Å². The average Bonchev–Trinajstić information content (AvgIpc) is 2.91. The van der Waals surface area contributed by atoms with Gasteiger partial charge in [-0.15, -0.1) is 0 Å². The molecular weight excluding hydrogens is 808 g/mol. The summed E-state index contributed by atoms with van der Waals surface area (Å²) in [7, 11) is 0. The highest BCUT2D eigenvalue weighted by molar-refractivity contribution is 5.13. The van der Waals surface area contributed by atoms with Gasteiger partial charge in [-0.1, -0.05) is 0 Å². The Kier molecular flexibility index (Phi) is 13.1. The summed E-state index contributed by atoms with van der Waals surface area (Å²) in [6.45, 7) is -11.7. The number of hydrogen-bond donors (Lipinski definition) is 1. The fourth-order valence-electron chi connectivity index (χ4n) is 2.82. The van der Waals surface area contributed by atoms with Crippen LogP contribution < -0.4 is 0 Å². The number of hydrogen-bond acceptors (Lipinski definition) is 3. The number of aliphatic hydroxyl groups is 1. The highest BCUT2D eigenvalue weighted by Crippen LogP contribution is 2.62. The van der Waals surface area contributed by atoms with E-state index in [2.05, 4.69) is 9.47 Å². The molecule has 0 atom stereocenters. The van der Waals surface area contributed by atoms with Crippen LogP contribution in [0.4, 0.5) is 123 Å². The predicted molar refractivity (Wildman–Crippen MR) is 99.0 cm³/mol. The zero-order chi connectivity index (χ0) is 41.0. The van der Waals surface area contributed by atoms with Gasteiger partial charge in [0.1, 0.15) is 19.3 Å². The van der Waals surface area contributed by atoms with Gasteiger partial charge >= 0.3 is 83.9 Å². The topological polar surface area (TPSA) is 38.7 Å². The van der Waals surface area contributed by atoms with E-state index in [0.29, 0.717) is 0 Å². The first-order chi connectivity index (χ1) is 21.5.